The fraction of sp³-hybridized carbons (Fsp3) is 0.308. The van der Waals surface area contributed by atoms with Crippen molar-refractivity contribution in [3.05, 3.63) is 28.6 Å². The first-order valence-electron chi connectivity index (χ1n) is 6.48. The minimum absolute atomic E-state index is 0.427. The summed E-state index contributed by atoms with van der Waals surface area (Å²) in [6.45, 7) is 0. The summed E-state index contributed by atoms with van der Waals surface area (Å²) in [5.41, 5.74) is 8.76. The molecule has 0 fully saturated rings. The Labute approximate surface area is 125 Å². The number of fused-ring (bicyclic) bond motifs is 3. The molecule has 1 heterocycles. The molecule has 0 bridgehead atoms. The summed E-state index contributed by atoms with van der Waals surface area (Å²) >= 11 is 1.49. The van der Waals surface area contributed by atoms with Gasteiger partial charge in [-0.2, -0.15) is 0 Å². The minimum atomic E-state index is -4.19. The van der Waals surface area contributed by atoms with E-state index >= 15 is 0 Å². The Hall–Kier alpha value is -1.40. The molecule has 0 spiro atoms. The van der Waals surface area contributed by atoms with Crippen molar-refractivity contribution in [3.63, 3.8) is 0 Å². The van der Waals surface area contributed by atoms with Crippen LogP contribution >= 0.6 is 18.9 Å². The van der Waals surface area contributed by atoms with Crippen molar-refractivity contribution in [1.82, 2.24) is 4.98 Å². The van der Waals surface area contributed by atoms with Crippen LogP contribution in [0.2, 0.25) is 0 Å². The Morgan fingerprint density at radius 3 is 2.95 bits per heavy atom. The first-order valence-corrected chi connectivity index (χ1v) is 9.09. The van der Waals surface area contributed by atoms with Gasteiger partial charge in [-0.25, -0.2) is 4.98 Å². The number of ether oxygens (including phenoxy) is 1. The van der Waals surface area contributed by atoms with E-state index in [9.17, 15) is 4.57 Å². The summed E-state index contributed by atoms with van der Waals surface area (Å²) in [7, 11) is -4.19. The lowest BCUT2D eigenvalue weighted by atomic mass is 10.0. The standard InChI is InChI=1S/C13H15N2O4PS/c14-13-15-12-10-6-9(19-7-20(16,17)18)5-4-8(10)2-1-3-11(12)21-13/h4-6H,1-3,7H2,(H2,14,15)(H2,16,17,18). The Morgan fingerprint density at radius 2 is 2.19 bits per heavy atom. The third kappa shape index (κ3) is 3.27. The second-order valence-electron chi connectivity index (χ2n) is 4.93. The van der Waals surface area contributed by atoms with Gasteiger partial charge in [-0.3, -0.25) is 4.57 Å². The van der Waals surface area contributed by atoms with Gasteiger partial charge in [0.05, 0.1) is 5.69 Å². The number of aryl methyl sites for hydroxylation is 2. The molecule has 3 rings (SSSR count). The molecule has 0 atom stereocenters. The van der Waals surface area contributed by atoms with Gasteiger partial charge in [0.25, 0.3) is 0 Å². The van der Waals surface area contributed by atoms with E-state index in [-0.39, 0.29) is 0 Å². The predicted molar refractivity (Wildman–Crippen MR) is 81.5 cm³/mol. The Kier molecular flexibility index (Phi) is 3.75. The van der Waals surface area contributed by atoms with Crippen LogP contribution in [0, 0.1) is 0 Å². The Morgan fingerprint density at radius 1 is 1.38 bits per heavy atom. The molecule has 6 nitrogen and oxygen atoms in total. The molecule has 1 aliphatic carbocycles. The molecular formula is C13H15N2O4PS. The molecule has 0 unspecified atom stereocenters. The van der Waals surface area contributed by atoms with Crippen LogP contribution in [0.15, 0.2) is 18.2 Å². The van der Waals surface area contributed by atoms with Crippen molar-refractivity contribution in [2.75, 3.05) is 12.1 Å². The molecule has 112 valence electrons. The van der Waals surface area contributed by atoms with Crippen LogP contribution in [-0.2, 0) is 17.4 Å². The van der Waals surface area contributed by atoms with E-state index < -0.39 is 13.9 Å². The number of aromatic nitrogens is 1. The highest BCUT2D eigenvalue weighted by atomic mass is 32.1. The Bertz CT molecular complexity index is 725. The number of rotatable bonds is 3. The average Bonchev–Trinajstić information content (AvgIpc) is 2.69. The van der Waals surface area contributed by atoms with Crippen LogP contribution < -0.4 is 10.5 Å². The van der Waals surface area contributed by atoms with Gasteiger partial charge in [-0.1, -0.05) is 6.07 Å². The first-order chi connectivity index (χ1) is 9.92. The molecule has 0 saturated carbocycles. The van der Waals surface area contributed by atoms with E-state index in [0.717, 1.165) is 41.0 Å². The summed E-state index contributed by atoms with van der Waals surface area (Å²) < 4.78 is 16.1. The monoisotopic (exact) mass is 326 g/mol. The van der Waals surface area contributed by atoms with Crippen molar-refractivity contribution in [1.29, 1.82) is 0 Å². The van der Waals surface area contributed by atoms with Gasteiger partial charge >= 0.3 is 7.60 Å². The SMILES string of the molecule is Nc1nc2c(s1)CCCc1ccc(OCP(=O)(O)O)cc1-2. The zero-order chi connectivity index (χ0) is 15.0. The molecule has 21 heavy (non-hydrogen) atoms. The quantitative estimate of drug-likeness (QED) is 0.748. The second kappa shape index (κ2) is 5.42. The lowest BCUT2D eigenvalue weighted by molar-refractivity contribution is 0.300. The summed E-state index contributed by atoms with van der Waals surface area (Å²) in [4.78, 5) is 23.3. The lowest BCUT2D eigenvalue weighted by Gasteiger charge is -2.11. The number of anilines is 1. The summed E-state index contributed by atoms with van der Waals surface area (Å²) in [6, 6.07) is 5.44. The highest BCUT2D eigenvalue weighted by Crippen LogP contribution is 2.39. The fourth-order valence-corrected chi connectivity index (χ4v) is 3.64. The van der Waals surface area contributed by atoms with Crippen LogP contribution in [0.5, 0.6) is 5.75 Å². The van der Waals surface area contributed by atoms with Crippen molar-refractivity contribution in [3.8, 4) is 17.0 Å². The molecule has 1 aromatic heterocycles. The number of hydrogen-bond donors (Lipinski definition) is 3. The number of nitrogens with two attached hydrogens (primary N) is 1. The molecule has 0 radical (unpaired) electrons. The van der Waals surface area contributed by atoms with Crippen LogP contribution in [0.25, 0.3) is 11.3 Å². The molecule has 8 heteroatoms. The van der Waals surface area contributed by atoms with Gasteiger partial charge in [0.2, 0.25) is 0 Å². The largest absolute Gasteiger partial charge is 0.481 e. The number of nitrogen functional groups attached to an aromatic ring is 1. The van der Waals surface area contributed by atoms with E-state index in [1.807, 2.05) is 6.07 Å². The van der Waals surface area contributed by atoms with Crippen LogP contribution in [0.4, 0.5) is 5.13 Å². The normalized spacial score (nSPS) is 14.2. The van der Waals surface area contributed by atoms with Gasteiger partial charge in [-0.15, -0.1) is 11.3 Å². The van der Waals surface area contributed by atoms with Crippen LogP contribution in [-0.4, -0.2) is 21.1 Å². The smallest absolute Gasteiger partial charge is 0.362 e. The van der Waals surface area contributed by atoms with Gasteiger partial charge in [-0.05, 0) is 37.0 Å². The number of thiazole rings is 1. The number of nitrogens with zero attached hydrogens (tertiary/aromatic N) is 1. The third-order valence-electron chi connectivity index (χ3n) is 3.30. The highest BCUT2D eigenvalue weighted by Gasteiger charge is 2.20. The Balaban J connectivity index is 1.98. The fourth-order valence-electron chi connectivity index (χ4n) is 2.43. The first kappa shape index (κ1) is 14.5. The van der Waals surface area contributed by atoms with Gasteiger partial charge in [0.1, 0.15) is 5.75 Å². The maximum absolute atomic E-state index is 10.9. The number of benzene rings is 1. The van der Waals surface area contributed by atoms with Crippen molar-refractivity contribution in [2.24, 2.45) is 0 Å². The van der Waals surface area contributed by atoms with Gasteiger partial charge < -0.3 is 20.3 Å². The van der Waals surface area contributed by atoms with E-state index in [2.05, 4.69) is 4.98 Å². The van der Waals surface area contributed by atoms with E-state index in [0.29, 0.717) is 10.9 Å². The summed E-state index contributed by atoms with van der Waals surface area (Å²) in [6.07, 6.45) is 2.29. The molecule has 2 aromatic rings. The van der Waals surface area contributed by atoms with Gasteiger partial charge in [0, 0.05) is 10.4 Å². The highest BCUT2D eigenvalue weighted by molar-refractivity contribution is 7.51. The van der Waals surface area contributed by atoms with E-state index in [4.69, 9.17) is 20.3 Å². The van der Waals surface area contributed by atoms with Crippen LogP contribution in [0.1, 0.15) is 16.9 Å². The van der Waals surface area contributed by atoms with E-state index in [1.165, 1.54) is 11.3 Å². The van der Waals surface area contributed by atoms with Crippen molar-refractivity contribution >= 4 is 24.1 Å². The van der Waals surface area contributed by atoms with E-state index in [1.54, 1.807) is 12.1 Å². The summed E-state index contributed by atoms with van der Waals surface area (Å²) in [5.74, 6) is 0.427. The maximum atomic E-state index is 10.9. The molecule has 0 amide bonds. The molecule has 1 aliphatic rings. The zero-order valence-corrected chi connectivity index (χ0v) is 12.9. The lowest BCUT2D eigenvalue weighted by Crippen LogP contribution is -1.99. The molecule has 1 aromatic carbocycles. The van der Waals surface area contributed by atoms with Gasteiger partial charge in [0.15, 0.2) is 11.5 Å². The predicted octanol–water partition coefficient (Wildman–Crippen LogP) is 2.40. The summed E-state index contributed by atoms with van der Waals surface area (Å²) in [5, 5.41) is 0.536. The average molecular weight is 326 g/mol. The van der Waals surface area contributed by atoms with Crippen molar-refractivity contribution in [2.45, 2.75) is 19.3 Å². The van der Waals surface area contributed by atoms with Crippen molar-refractivity contribution < 1.29 is 19.1 Å². The maximum Gasteiger partial charge on any atom is 0.362 e. The molecule has 0 aliphatic heterocycles. The molecule has 4 N–H and O–H groups in total. The number of hydrogen-bond acceptors (Lipinski definition) is 5. The minimum Gasteiger partial charge on any atom is -0.481 e. The topological polar surface area (TPSA) is 106 Å². The zero-order valence-electron chi connectivity index (χ0n) is 11.2. The van der Waals surface area contributed by atoms with Crippen LogP contribution in [0.3, 0.4) is 0 Å². The molecule has 0 saturated heterocycles. The third-order valence-corrected chi connectivity index (χ3v) is 4.71. The second-order valence-corrected chi connectivity index (χ2v) is 7.64. The molecular weight excluding hydrogens is 311 g/mol.